The van der Waals surface area contributed by atoms with Crippen molar-refractivity contribution in [3.05, 3.63) is 51.8 Å². The zero-order valence-electron chi connectivity index (χ0n) is 12.7. The normalized spacial score (nSPS) is 12.6. The van der Waals surface area contributed by atoms with Crippen LogP contribution in [0.2, 0.25) is 5.02 Å². The first kappa shape index (κ1) is 16.0. The van der Waals surface area contributed by atoms with Crippen LogP contribution in [0.15, 0.2) is 24.3 Å². The summed E-state index contributed by atoms with van der Waals surface area (Å²) in [6.07, 6.45) is -0.538. The molecule has 0 spiro atoms. The summed E-state index contributed by atoms with van der Waals surface area (Å²) in [6.45, 7) is 8.27. The van der Waals surface area contributed by atoms with Crippen LogP contribution in [0.25, 0.3) is 0 Å². The second-order valence-corrected chi connectivity index (χ2v) is 5.60. The van der Waals surface area contributed by atoms with Gasteiger partial charge in [0.1, 0.15) is 0 Å². The predicted molar refractivity (Wildman–Crippen MR) is 85.5 cm³/mol. The number of aryl methyl sites for hydroxylation is 2. The molecule has 1 unspecified atom stereocenters. The molecule has 1 aromatic carbocycles. The Hall–Kier alpha value is -1.36. The van der Waals surface area contributed by atoms with E-state index in [0.29, 0.717) is 18.1 Å². The molecule has 0 amide bonds. The van der Waals surface area contributed by atoms with Crippen molar-refractivity contribution in [3.8, 4) is 0 Å². The Kier molecular flexibility index (Phi) is 5.39. The number of hydrogen-bond acceptors (Lipinski definition) is 3. The summed E-state index contributed by atoms with van der Waals surface area (Å²) >= 11 is 5.85. The van der Waals surface area contributed by atoms with Gasteiger partial charge in [-0.1, -0.05) is 23.7 Å². The lowest BCUT2D eigenvalue weighted by Crippen LogP contribution is -2.21. The Bertz CT molecular complexity index is 592. The molecule has 2 rings (SSSR count). The second kappa shape index (κ2) is 7.07. The molecule has 0 saturated carbocycles. The van der Waals surface area contributed by atoms with Gasteiger partial charge in [0, 0.05) is 35.9 Å². The van der Waals surface area contributed by atoms with Crippen molar-refractivity contribution in [1.29, 1.82) is 0 Å². The van der Waals surface area contributed by atoms with E-state index in [2.05, 4.69) is 24.3 Å². The summed E-state index contributed by atoms with van der Waals surface area (Å²) in [5.41, 5.74) is 4.30. The molecule has 0 aliphatic carbocycles. The van der Waals surface area contributed by atoms with Gasteiger partial charge in [-0.05, 0) is 38.5 Å². The fraction of sp³-hybridized carbons (Fsp3) is 0.438. The molecule has 0 aliphatic heterocycles. The Balaban J connectivity index is 1.92. The molecule has 1 atom stereocenters. The highest BCUT2D eigenvalue weighted by atomic mass is 35.5. The summed E-state index contributed by atoms with van der Waals surface area (Å²) in [7, 11) is 0. The Morgan fingerprint density at radius 2 is 1.95 bits per heavy atom. The van der Waals surface area contributed by atoms with Crippen LogP contribution in [0.3, 0.4) is 0 Å². The number of aromatic nitrogens is 2. The average Bonchev–Trinajstić information content (AvgIpc) is 2.75. The highest BCUT2D eigenvalue weighted by Crippen LogP contribution is 2.17. The third kappa shape index (κ3) is 3.84. The van der Waals surface area contributed by atoms with Crippen LogP contribution in [0.4, 0.5) is 0 Å². The van der Waals surface area contributed by atoms with Gasteiger partial charge in [0.15, 0.2) is 0 Å². The van der Waals surface area contributed by atoms with Crippen LogP contribution >= 0.6 is 11.6 Å². The molecule has 0 saturated heterocycles. The quantitative estimate of drug-likeness (QED) is 0.862. The fourth-order valence-corrected chi connectivity index (χ4v) is 2.56. The van der Waals surface area contributed by atoms with Crippen molar-refractivity contribution in [1.82, 2.24) is 15.1 Å². The average molecular weight is 308 g/mol. The lowest BCUT2D eigenvalue weighted by atomic mass is 10.1. The smallest absolute Gasteiger partial charge is 0.0914 e. The molecule has 0 fully saturated rings. The van der Waals surface area contributed by atoms with Gasteiger partial charge >= 0.3 is 0 Å². The Morgan fingerprint density at radius 1 is 1.29 bits per heavy atom. The molecule has 1 heterocycles. The van der Waals surface area contributed by atoms with Crippen molar-refractivity contribution < 1.29 is 5.11 Å². The molecule has 1 aromatic heterocycles. The van der Waals surface area contributed by atoms with Crippen LogP contribution in [0.5, 0.6) is 0 Å². The first-order valence-electron chi connectivity index (χ1n) is 7.20. The molecular weight excluding hydrogens is 286 g/mol. The molecule has 4 nitrogen and oxygen atoms in total. The van der Waals surface area contributed by atoms with E-state index in [0.717, 1.165) is 17.8 Å². The number of hydrogen-bond donors (Lipinski definition) is 2. The van der Waals surface area contributed by atoms with Gasteiger partial charge in [-0.25, -0.2) is 0 Å². The third-order valence-corrected chi connectivity index (χ3v) is 3.98. The van der Waals surface area contributed by atoms with Crippen LogP contribution in [-0.2, 0) is 13.1 Å². The highest BCUT2D eigenvalue weighted by Gasteiger charge is 2.11. The van der Waals surface area contributed by atoms with Crippen LogP contribution < -0.4 is 5.32 Å². The summed E-state index contributed by atoms with van der Waals surface area (Å²) in [6, 6.07) is 7.28. The van der Waals surface area contributed by atoms with Crippen LogP contribution in [0.1, 0.15) is 35.5 Å². The van der Waals surface area contributed by atoms with Crippen molar-refractivity contribution in [2.24, 2.45) is 0 Å². The lowest BCUT2D eigenvalue weighted by Gasteiger charge is -2.12. The van der Waals surface area contributed by atoms with Crippen molar-refractivity contribution in [2.45, 2.75) is 40.0 Å². The topological polar surface area (TPSA) is 50.1 Å². The van der Waals surface area contributed by atoms with Gasteiger partial charge < -0.3 is 10.4 Å². The van der Waals surface area contributed by atoms with Crippen molar-refractivity contribution >= 4 is 11.6 Å². The molecule has 2 N–H and O–H groups in total. The number of nitrogens with one attached hydrogen (secondary N) is 1. The number of aliphatic hydroxyl groups excluding tert-OH is 1. The van der Waals surface area contributed by atoms with Crippen LogP contribution in [-0.4, -0.2) is 21.4 Å². The second-order valence-electron chi connectivity index (χ2n) is 5.16. The van der Waals surface area contributed by atoms with E-state index in [1.54, 1.807) is 12.1 Å². The zero-order chi connectivity index (χ0) is 15.4. The maximum Gasteiger partial charge on any atom is 0.0914 e. The van der Waals surface area contributed by atoms with Gasteiger partial charge in [-0.15, -0.1) is 0 Å². The Morgan fingerprint density at radius 3 is 2.52 bits per heavy atom. The maximum absolute atomic E-state index is 10.2. The van der Waals surface area contributed by atoms with Crippen LogP contribution in [0, 0.1) is 13.8 Å². The van der Waals surface area contributed by atoms with E-state index < -0.39 is 6.10 Å². The first-order valence-corrected chi connectivity index (χ1v) is 7.57. The molecular formula is C16H22ClN3O. The largest absolute Gasteiger partial charge is 0.387 e. The third-order valence-electron chi connectivity index (χ3n) is 3.73. The zero-order valence-corrected chi connectivity index (χ0v) is 13.5. The van der Waals surface area contributed by atoms with Gasteiger partial charge in [0.25, 0.3) is 0 Å². The maximum atomic E-state index is 10.2. The van der Waals surface area contributed by atoms with Gasteiger partial charge in [0.05, 0.1) is 11.8 Å². The van der Waals surface area contributed by atoms with E-state index in [9.17, 15) is 5.11 Å². The number of benzene rings is 1. The minimum Gasteiger partial charge on any atom is -0.387 e. The summed E-state index contributed by atoms with van der Waals surface area (Å²) < 4.78 is 2.00. The van der Waals surface area contributed by atoms with E-state index in [4.69, 9.17) is 11.6 Å². The number of halogens is 1. The molecule has 21 heavy (non-hydrogen) atoms. The molecule has 114 valence electrons. The van der Waals surface area contributed by atoms with Gasteiger partial charge in [-0.2, -0.15) is 5.10 Å². The molecule has 0 bridgehead atoms. The number of aliphatic hydroxyl groups is 1. The predicted octanol–water partition coefficient (Wildman–Crippen LogP) is 3.00. The molecule has 5 heteroatoms. The number of nitrogens with zero attached hydrogens (tertiary/aromatic N) is 2. The highest BCUT2D eigenvalue weighted by molar-refractivity contribution is 6.30. The van der Waals surface area contributed by atoms with Gasteiger partial charge in [-0.3, -0.25) is 4.68 Å². The summed E-state index contributed by atoms with van der Waals surface area (Å²) in [5, 5.41) is 18.6. The standard InChI is InChI=1S/C16H22ClN3O/c1-4-20-12(3)15(11(2)19-20)9-18-10-16(21)13-5-7-14(17)8-6-13/h5-8,16,18,21H,4,9-10H2,1-3H3. The van der Waals surface area contributed by atoms with Crippen molar-refractivity contribution in [3.63, 3.8) is 0 Å². The minimum absolute atomic E-state index is 0.498. The molecule has 0 radical (unpaired) electrons. The fourth-order valence-electron chi connectivity index (χ4n) is 2.43. The van der Waals surface area contributed by atoms with E-state index in [-0.39, 0.29) is 0 Å². The van der Waals surface area contributed by atoms with Crippen molar-refractivity contribution in [2.75, 3.05) is 6.54 Å². The Labute approximate surface area is 130 Å². The first-order chi connectivity index (χ1) is 10.0. The monoisotopic (exact) mass is 307 g/mol. The summed E-state index contributed by atoms with van der Waals surface area (Å²) in [4.78, 5) is 0. The SMILES string of the molecule is CCn1nc(C)c(CNCC(O)c2ccc(Cl)cc2)c1C. The van der Waals surface area contributed by atoms with E-state index in [1.807, 2.05) is 23.7 Å². The molecule has 0 aliphatic rings. The minimum atomic E-state index is -0.538. The molecule has 2 aromatic rings. The van der Waals surface area contributed by atoms with E-state index >= 15 is 0 Å². The number of rotatable bonds is 6. The van der Waals surface area contributed by atoms with E-state index in [1.165, 1.54) is 11.3 Å². The lowest BCUT2D eigenvalue weighted by molar-refractivity contribution is 0.174. The summed E-state index contributed by atoms with van der Waals surface area (Å²) in [5.74, 6) is 0. The van der Waals surface area contributed by atoms with Gasteiger partial charge in [0.2, 0.25) is 0 Å².